The maximum absolute atomic E-state index is 8.77. The number of benzene rings is 1. The summed E-state index contributed by atoms with van der Waals surface area (Å²) in [6, 6.07) is 11.5. The lowest BCUT2D eigenvalue weighted by atomic mass is 10.1. The number of nitrogens with one attached hydrogen (secondary N) is 1. The molecule has 2 aromatic rings. The van der Waals surface area contributed by atoms with E-state index in [4.69, 9.17) is 5.26 Å². The molecular formula is C15H13BrN4. The monoisotopic (exact) mass is 328 g/mol. The van der Waals surface area contributed by atoms with Gasteiger partial charge in [-0.05, 0) is 46.5 Å². The van der Waals surface area contributed by atoms with Crippen molar-refractivity contribution in [3.63, 3.8) is 0 Å². The van der Waals surface area contributed by atoms with E-state index in [1.54, 1.807) is 0 Å². The van der Waals surface area contributed by atoms with Crippen molar-refractivity contribution < 1.29 is 0 Å². The van der Waals surface area contributed by atoms with Crippen LogP contribution in [0.4, 0.5) is 5.82 Å². The lowest BCUT2D eigenvalue weighted by Gasteiger charge is -2.08. The minimum Gasteiger partial charge on any atom is -0.366 e. The first-order valence-electron chi connectivity index (χ1n) is 6.52. The van der Waals surface area contributed by atoms with E-state index in [9.17, 15) is 0 Å². The van der Waals surface area contributed by atoms with Gasteiger partial charge in [-0.25, -0.2) is 9.97 Å². The molecule has 0 aliphatic heterocycles. The van der Waals surface area contributed by atoms with Crippen molar-refractivity contribution in [3.05, 3.63) is 51.9 Å². The summed E-state index contributed by atoms with van der Waals surface area (Å²) < 4.78 is 0.816. The molecular weight excluding hydrogens is 316 g/mol. The number of anilines is 1. The van der Waals surface area contributed by atoms with Crippen molar-refractivity contribution in [3.8, 4) is 6.07 Å². The molecule has 1 aliphatic rings. The molecule has 20 heavy (non-hydrogen) atoms. The molecule has 3 rings (SSSR count). The summed E-state index contributed by atoms with van der Waals surface area (Å²) in [4.78, 5) is 8.94. The second kappa shape index (κ2) is 5.59. The smallest absolute Gasteiger partial charge is 0.135 e. The standard InChI is InChI=1S/C15H13BrN4/c16-13-7-14(20-15(19-13)12-5-6-12)18-9-11-3-1-10(8-17)2-4-11/h1-4,7,12H,5-6,9H2,(H,18,19,20). The summed E-state index contributed by atoms with van der Waals surface area (Å²) in [5.74, 6) is 2.28. The molecule has 0 atom stereocenters. The number of aromatic nitrogens is 2. The van der Waals surface area contributed by atoms with Crippen LogP contribution in [0.5, 0.6) is 0 Å². The number of halogens is 1. The molecule has 0 saturated heterocycles. The fraction of sp³-hybridized carbons (Fsp3) is 0.267. The summed E-state index contributed by atoms with van der Waals surface area (Å²) in [6.45, 7) is 0.680. The van der Waals surface area contributed by atoms with Gasteiger partial charge in [-0.1, -0.05) is 12.1 Å². The lowest BCUT2D eigenvalue weighted by molar-refractivity contribution is 0.910. The number of nitriles is 1. The highest BCUT2D eigenvalue weighted by Crippen LogP contribution is 2.38. The van der Waals surface area contributed by atoms with Gasteiger partial charge in [0, 0.05) is 18.5 Å². The summed E-state index contributed by atoms with van der Waals surface area (Å²) in [7, 11) is 0. The van der Waals surface area contributed by atoms with Crippen molar-refractivity contribution in [1.29, 1.82) is 5.26 Å². The van der Waals surface area contributed by atoms with Crippen LogP contribution < -0.4 is 5.32 Å². The molecule has 4 nitrogen and oxygen atoms in total. The van der Waals surface area contributed by atoms with Crippen molar-refractivity contribution in [1.82, 2.24) is 9.97 Å². The summed E-state index contributed by atoms with van der Waals surface area (Å²) in [5, 5.41) is 12.1. The number of rotatable bonds is 4. The molecule has 1 aromatic carbocycles. The topological polar surface area (TPSA) is 61.6 Å². The Morgan fingerprint density at radius 3 is 2.65 bits per heavy atom. The Morgan fingerprint density at radius 1 is 1.25 bits per heavy atom. The summed E-state index contributed by atoms with van der Waals surface area (Å²) in [6.07, 6.45) is 2.37. The van der Waals surface area contributed by atoms with E-state index in [0.717, 1.165) is 21.8 Å². The molecule has 1 saturated carbocycles. The largest absolute Gasteiger partial charge is 0.366 e. The third-order valence-electron chi connectivity index (χ3n) is 3.21. The van der Waals surface area contributed by atoms with Crippen LogP contribution in [-0.4, -0.2) is 9.97 Å². The average Bonchev–Trinajstić information content (AvgIpc) is 3.30. The molecule has 5 heteroatoms. The normalized spacial score (nSPS) is 13.8. The van der Waals surface area contributed by atoms with E-state index in [1.807, 2.05) is 30.3 Å². The van der Waals surface area contributed by atoms with Gasteiger partial charge < -0.3 is 5.32 Å². The van der Waals surface area contributed by atoms with Crippen molar-refractivity contribution >= 4 is 21.7 Å². The molecule has 1 N–H and O–H groups in total. The third kappa shape index (κ3) is 3.14. The summed E-state index contributed by atoms with van der Waals surface area (Å²) >= 11 is 3.43. The molecule has 0 radical (unpaired) electrons. The zero-order valence-corrected chi connectivity index (χ0v) is 12.4. The zero-order chi connectivity index (χ0) is 13.9. The van der Waals surface area contributed by atoms with E-state index < -0.39 is 0 Å². The van der Waals surface area contributed by atoms with Crippen LogP contribution in [0.2, 0.25) is 0 Å². The first-order chi connectivity index (χ1) is 9.74. The highest BCUT2D eigenvalue weighted by Gasteiger charge is 2.27. The SMILES string of the molecule is N#Cc1ccc(CNc2cc(Br)nc(C3CC3)n2)cc1. The fourth-order valence-corrected chi connectivity index (χ4v) is 2.34. The van der Waals surface area contributed by atoms with Crippen LogP contribution in [0.1, 0.15) is 35.7 Å². The Hall–Kier alpha value is -1.93. The minimum absolute atomic E-state index is 0.531. The molecule has 1 heterocycles. The van der Waals surface area contributed by atoms with Crippen LogP contribution in [-0.2, 0) is 6.54 Å². The number of nitrogens with zero attached hydrogens (tertiary/aromatic N) is 3. The van der Waals surface area contributed by atoms with Crippen LogP contribution >= 0.6 is 15.9 Å². The first kappa shape index (κ1) is 13.1. The van der Waals surface area contributed by atoms with Crippen LogP contribution in [0.25, 0.3) is 0 Å². The van der Waals surface area contributed by atoms with Crippen LogP contribution in [0, 0.1) is 11.3 Å². The molecule has 0 amide bonds. The first-order valence-corrected chi connectivity index (χ1v) is 7.31. The quantitative estimate of drug-likeness (QED) is 0.871. The van der Waals surface area contributed by atoms with E-state index in [2.05, 4.69) is 37.3 Å². The third-order valence-corrected chi connectivity index (χ3v) is 3.62. The van der Waals surface area contributed by atoms with Gasteiger partial charge in [-0.2, -0.15) is 5.26 Å². The van der Waals surface area contributed by atoms with Crippen molar-refractivity contribution in [2.75, 3.05) is 5.32 Å². The lowest BCUT2D eigenvalue weighted by Crippen LogP contribution is -2.04. The fourth-order valence-electron chi connectivity index (χ4n) is 1.94. The summed E-state index contributed by atoms with van der Waals surface area (Å²) in [5.41, 5.74) is 1.79. The second-order valence-electron chi connectivity index (χ2n) is 4.87. The van der Waals surface area contributed by atoms with Gasteiger partial charge in [0.05, 0.1) is 11.6 Å². The van der Waals surface area contributed by atoms with Crippen LogP contribution in [0.15, 0.2) is 34.9 Å². The predicted octanol–water partition coefficient (Wildman–Crippen LogP) is 3.60. The van der Waals surface area contributed by atoms with Gasteiger partial charge >= 0.3 is 0 Å². The van der Waals surface area contributed by atoms with Gasteiger partial charge in [0.1, 0.15) is 16.2 Å². The molecule has 100 valence electrons. The van der Waals surface area contributed by atoms with Gasteiger partial charge in [-0.15, -0.1) is 0 Å². The molecule has 0 bridgehead atoms. The Balaban J connectivity index is 1.69. The Kier molecular flexibility index (Phi) is 3.66. The van der Waals surface area contributed by atoms with E-state index in [1.165, 1.54) is 12.8 Å². The Bertz CT molecular complexity index is 657. The molecule has 0 spiro atoms. The zero-order valence-electron chi connectivity index (χ0n) is 10.8. The highest BCUT2D eigenvalue weighted by molar-refractivity contribution is 9.10. The molecule has 1 aliphatic carbocycles. The maximum Gasteiger partial charge on any atom is 0.135 e. The van der Waals surface area contributed by atoms with Crippen molar-refractivity contribution in [2.45, 2.75) is 25.3 Å². The van der Waals surface area contributed by atoms with E-state index in [0.29, 0.717) is 18.0 Å². The van der Waals surface area contributed by atoms with Gasteiger partial charge in [0.25, 0.3) is 0 Å². The Labute approximate surface area is 126 Å². The van der Waals surface area contributed by atoms with E-state index >= 15 is 0 Å². The maximum atomic E-state index is 8.77. The van der Waals surface area contributed by atoms with Crippen LogP contribution in [0.3, 0.4) is 0 Å². The van der Waals surface area contributed by atoms with Gasteiger partial charge in [0.2, 0.25) is 0 Å². The van der Waals surface area contributed by atoms with Gasteiger partial charge in [0.15, 0.2) is 0 Å². The predicted molar refractivity (Wildman–Crippen MR) is 80.2 cm³/mol. The van der Waals surface area contributed by atoms with Crippen molar-refractivity contribution in [2.24, 2.45) is 0 Å². The minimum atomic E-state index is 0.531. The second-order valence-corrected chi connectivity index (χ2v) is 5.68. The molecule has 1 aromatic heterocycles. The van der Waals surface area contributed by atoms with Gasteiger partial charge in [-0.3, -0.25) is 0 Å². The highest BCUT2D eigenvalue weighted by atomic mass is 79.9. The Morgan fingerprint density at radius 2 is 2.00 bits per heavy atom. The van der Waals surface area contributed by atoms with E-state index in [-0.39, 0.29) is 0 Å². The number of hydrogen-bond acceptors (Lipinski definition) is 4. The average molecular weight is 329 g/mol. The molecule has 0 unspecified atom stereocenters. The number of hydrogen-bond donors (Lipinski definition) is 1. The molecule has 1 fully saturated rings.